The molecular formula is C21H25N3O2. The zero-order valence-corrected chi connectivity index (χ0v) is 15.4. The molecule has 1 aromatic heterocycles. The van der Waals surface area contributed by atoms with Crippen LogP contribution in [-0.4, -0.2) is 22.6 Å². The van der Waals surface area contributed by atoms with Crippen molar-refractivity contribution in [3.63, 3.8) is 0 Å². The smallest absolute Gasteiger partial charge is 0.338 e. The number of imidazole rings is 1. The Hall–Kier alpha value is -2.66. The van der Waals surface area contributed by atoms with Crippen LogP contribution in [0.2, 0.25) is 0 Å². The Bertz CT molecular complexity index is 915. The number of hydrogen-bond donors (Lipinski definition) is 1. The Morgan fingerprint density at radius 2 is 1.96 bits per heavy atom. The third kappa shape index (κ3) is 3.63. The van der Waals surface area contributed by atoms with Crippen molar-refractivity contribution in [2.24, 2.45) is 5.73 Å². The number of unbranched alkanes of at least 4 members (excludes halogenated alkanes) is 1. The predicted octanol–water partition coefficient (Wildman–Crippen LogP) is 3.67. The number of fused-ring (bicyclic) bond motifs is 1. The number of aromatic nitrogens is 2. The van der Waals surface area contributed by atoms with Gasteiger partial charge in [-0.05, 0) is 28.8 Å². The van der Waals surface area contributed by atoms with Gasteiger partial charge in [0.2, 0.25) is 0 Å². The Morgan fingerprint density at radius 1 is 1.19 bits per heavy atom. The van der Waals surface area contributed by atoms with Crippen molar-refractivity contribution >= 4 is 16.7 Å². The highest BCUT2D eigenvalue weighted by Crippen LogP contribution is 2.25. The van der Waals surface area contributed by atoms with E-state index in [2.05, 4.69) is 16.5 Å². The maximum absolute atomic E-state index is 12.1. The fourth-order valence-corrected chi connectivity index (χ4v) is 3.25. The van der Waals surface area contributed by atoms with Crippen LogP contribution in [0.1, 0.15) is 47.2 Å². The second-order valence-electron chi connectivity index (χ2n) is 6.39. The highest BCUT2D eigenvalue weighted by Gasteiger charge is 2.14. The minimum atomic E-state index is -0.315. The Morgan fingerprint density at radius 3 is 2.65 bits per heavy atom. The molecule has 1 heterocycles. The van der Waals surface area contributed by atoms with Crippen molar-refractivity contribution in [3.05, 3.63) is 65.2 Å². The minimum Gasteiger partial charge on any atom is -0.465 e. The number of carbonyl (C=O) groups excluding carboxylic acids is 1. The Balaban J connectivity index is 2.02. The third-order valence-corrected chi connectivity index (χ3v) is 4.63. The second-order valence-corrected chi connectivity index (χ2v) is 6.39. The SMILES string of the molecule is CCCCc1nc(CN)cn1Cc1ccc(C(=O)OC)c2ccccc12. The largest absolute Gasteiger partial charge is 0.465 e. The minimum absolute atomic E-state index is 0.315. The van der Waals surface area contributed by atoms with Gasteiger partial charge in [-0.3, -0.25) is 0 Å². The molecule has 0 aliphatic rings. The molecule has 0 aliphatic carbocycles. The van der Waals surface area contributed by atoms with Crippen LogP contribution in [0.5, 0.6) is 0 Å². The van der Waals surface area contributed by atoms with Gasteiger partial charge < -0.3 is 15.0 Å². The molecule has 0 spiro atoms. The van der Waals surface area contributed by atoms with E-state index in [0.29, 0.717) is 18.7 Å². The van der Waals surface area contributed by atoms with Crippen LogP contribution in [0.4, 0.5) is 0 Å². The van der Waals surface area contributed by atoms with Crippen LogP contribution in [0, 0.1) is 0 Å². The molecular weight excluding hydrogens is 326 g/mol. The second kappa shape index (κ2) is 8.15. The molecule has 3 rings (SSSR count). The fourth-order valence-electron chi connectivity index (χ4n) is 3.25. The number of esters is 1. The van der Waals surface area contributed by atoms with E-state index < -0.39 is 0 Å². The summed E-state index contributed by atoms with van der Waals surface area (Å²) in [5, 5.41) is 1.96. The first-order valence-electron chi connectivity index (χ1n) is 9.01. The summed E-state index contributed by atoms with van der Waals surface area (Å²) in [6.07, 6.45) is 5.20. The monoisotopic (exact) mass is 351 g/mol. The van der Waals surface area contributed by atoms with Gasteiger partial charge in [-0.25, -0.2) is 9.78 Å². The van der Waals surface area contributed by atoms with Crippen LogP contribution < -0.4 is 5.73 Å². The standard InChI is InChI=1S/C21H25N3O2/c1-3-4-9-20-23-16(12-22)14-24(20)13-15-10-11-19(21(25)26-2)18-8-6-5-7-17(15)18/h5-8,10-11,14H,3-4,9,12-13,22H2,1-2H3. The van der Waals surface area contributed by atoms with Gasteiger partial charge in [0.25, 0.3) is 0 Å². The molecule has 5 nitrogen and oxygen atoms in total. The first kappa shape index (κ1) is 18.1. The lowest BCUT2D eigenvalue weighted by molar-refractivity contribution is 0.0603. The molecule has 0 atom stereocenters. The van der Waals surface area contributed by atoms with E-state index in [-0.39, 0.29) is 5.97 Å². The van der Waals surface area contributed by atoms with E-state index in [1.54, 1.807) is 0 Å². The van der Waals surface area contributed by atoms with Crippen LogP contribution in [-0.2, 0) is 24.2 Å². The highest BCUT2D eigenvalue weighted by molar-refractivity contribution is 6.05. The number of carbonyl (C=O) groups is 1. The van der Waals surface area contributed by atoms with Crippen LogP contribution in [0.25, 0.3) is 10.8 Å². The molecule has 0 aliphatic heterocycles. The third-order valence-electron chi connectivity index (χ3n) is 4.63. The van der Waals surface area contributed by atoms with E-state index in [9.17, 15) is 4.79 Å². The molecule has 2 aromatic carbocycles. The molecule has 3 aromatic rings. The average Bonchev–Trinajstić information content (AvgIpc) is 3.08. The molecule has 0 bridgehead atoms. The van der Waals surface area contributed by atoms with Crippen molar-refractivity contribution in [2.45, 2.75) is 39.3 Å². The van der Waals surface area contributed by atoms with Gasteiger partial charge in [-0.1, -0.05) is 43.7 Å². The van der Waals surface area contributed by atoms with Crippen molar-refractivity contribution in [1.82, 2.24) is 9.55 Å². The van der Waals surface area contributed by atoms with E-state index >= 15 is 0 Å². The topological polar surface area (TPSA) is 70.1 Å². The average molecular weight is 351 g/mol. The summed E-state index contributed by atoms with van der Waals surface area (Å²) in [6, 6.07) is 11.8. The van der Waals surface area contributed by atoms with Gasteiger partial charge in [-0.15, -0.1) is 0 Å². The lowest BCUT2D eigenvalue weighted by Gasteiger charge is -2.12. The van der Waals surface area contributed by atoms with Crippen molar-refractivity contribution < 1.29 is 9.53 Å². The number of aryl methyl sites for hydroxylation is 1. The maximum atomic E-state index is 12.1. The molecule has 0 radical (unpaired) electrons. The zero-order valence-electron chi connectivity index (χ0n) is 15.4. The zero-order chi connectivity index (χ0) is 18.5. The summed E-state index contributed by atoms with van der Waals surface area (Å²) < 4.78 is 7.09. The van der Waals surface area contributed by atoms with E-state index in [4.69, 9.17) is 10.5 Å². The van der Waals surface area contributed by atoms with Crippen LogP contribution >= 0.6 is 0 Å². The van der Waals surface area contributed by atoms with Crippen LogP contribution in [0.3, 0.4) is 0 Å². The van der Waals surface area contributed by atoms with E-state index in [1.165, 1.54) is 7.11 Å². The predicted molar refractivity (Wildman–Crippen MR) is 103 cm³/mol. The normalized spacial score (nSPS) is 11.0. The summed E-state index contributed by atoms with van der Waals surface area (Å²) in [6.45, 7) is 3.32. The first-order chi connectivity index (χ1) is 12.7. The summed E-state index contributed by atoms with van der Waals surface area (Å²) in [7, 11) is 1.41. The summed E-state index contributed by atoms with van der Waals surface area (Å²) in [5.74, 6) is 0.748. The summed E-state index contributed by atoms with van der Waals surface area (Å²) in [4.78, 5) is 16.7. The van der Waals surface area contributed by atoms with Gasteiger partial charge >= 0.3 is 5.97 Å². The number of benzene rings is 2. The fraction of sp³-hybridized carbons (Fsp3) is 0.333. The molecule has 0 saturated heterocycles. The van der Waals surface area contributed by atoms with Gasteiger partial charge in [0, 0.05) is 25.7 Å². The number of nitrogens with zero attached hydrogens (tertiary/aromatic N) is 2. The lowest BCUT2D eigenvalue weighted by Crippen LogP contribution is -2.07. The quantitative estimate of drug-likeness (QED) is 0.659. The molecule has 2 N–H and O–H groups in total. The number of hydrogen-bond acceptors (Lipinski definition) is 4. The number of rotatable bonds is 7. The molecule has 0 fully saturated rings. The highest BCUT2D eigenvalue weighted by atomic mass is 16.5. The summed E-state index contributed by atoms with van der Waals surface area (Å²) in [5.41, 5.74) is 8.43. The molecule has 26 heavy (non-hydrogen) atoms. The van der Waals surface area contributed by atoms with Crippen molar-refractivity contribution in [2.75, 3.05) is 7.11 Å². The Kier molecular flexibility index (Phi) is 5.68. The van der Waals surface area contributed by atoms with Crippen LogP contribution in [0.15, 0.2) is 42.6 Å². The first-order valence-corrected chi connectivity index (χ1v) is 9.01. The lowest BCUT2D eigenvalue weighted by atomic mass is 9.99. The van der Waals surface area contributed by atoms with Crippen molar-refractivity contribution in [1.29, 1.82) is 0 Å². The van der Waals surface area contributed by atoms with E-state index in [0.717, 1.165) is 47.1 Å². The number of ether oxygens (including phenoxy) is 1. The molecule has 136 valence electrons. The van der Waals surface area contributed by atoms with Gasteiger partial charge in [-0.2, -0.15) is 0 Å². The molecule has 0 saturated carbocycles. The van der Waals surface area contributed by atoms with Gasteiger partial charge in [0.15, 0.2) is 0 Å². The van der Waals surface area contributed by atoms with Gasteiger partial charge in [0.1, 0.15) is 5.82 Å². The van der Waals surface area contributed by atoms with E-state index in [1.807, 2.05) is 42.6 Å². The molecule has 0 amide bonds. The Labute approximate surface area is 153 Å². The maximum Gasteiger partial charge on any atom is 0.338 e. The number of nitrogens with two attached hydrogens (primary N) is 1. The van der Waals surface area contributed by atoms with Crippen molar-refractivity contribution in [3.8, 4) is 0 Å². The molecule has 0 unspecified atom stereocenters. The number of methoxy groups -OCH3 is 1. The summed E-state index contributed by atoms with van der Waals surface area (Å²) >= 11 is 0. The van der Waals surface area contributed by atoms with Gasteiger partial charge in [0.05, 0.1) is 18.4 Å². The molecule has 5 heteroatoms.